The maximum absolute atomic E-state index is 13.3. The summed E-state index contributed by atoms with van der Waals surface area (Å²) in [6.45, 7) is 9.55. The summed E-state index contributed by atoms with van der Waals surface area (Å²) in [4.78, 5) is 36.4. The molecule has 7 nitrogen and oxygen atoms in total. The lowest BCUT2D eigenvalue weighted by molar-refractivity contribution is -0.171. The second-order valence-corrected chi connectivity index (χ2v) is 9.82. The largest absolute Gasteiger partial charge is 0.481 e. The number of fused-ring (bicyclic) bond motifs is 1. The third kappa shape index (κ3) is 5.31. The van der Waals surface area contributed by atoms with Crippen molar-refractivity contribution < 1.29 is 34.4 Å². The van der Waals surface area contributed by atoms with Gasteiger partial charge in [-0.1, -0.05) is 51.8 Å². The Balaban J connectivity index is 2.32. The van der Waals surface area contributed by atoms with E-state index in [2.05, 4.69) is 13.8 Å². The number of carboxylic acid groups (broad SMARTS) is 1. The molecule has 180 valence electrons. The molecule has 0 spiro atoms. The molecule has 1 fully saturated rings. The van der Waals surface area contributed by atoms with Gasteiger partial charge in [-0.15, -0.1) is 0 Å². The first-order valence-electron chi connectivity index (χ1n) is 11.6. The van der Waals surface area contributed by atoms with Crippen molar-refractivity contribution >= 4 is 17.7 Å². The summed E-state index contributed by atoms with van der Waals surface area (Å²) >= 11 is 0. The van der Waals surface area contributed by atoms with Gasteiger partial charge in [0.2, 0.25) is 0 Å². The van der Waals surface area contributed by atoms with Crippen LogP contribution in [0.2, 0.25) is 0 Å². The number of hydrogen-bond acceptors (Lipinski definition) is 6. The molecule has 1 unspecified atom stereocenters. The van der Waals surface area contributed by atoms with Crippen molar-refractivity contribution in [2.45, 2.75) is 72.5 Å². The van der Waals surface area contributed by atoms with Crippen LogP contribution in [0.5, 0.6) is 0 Å². The number of hydrogen-bond donors (Lipinski definition) is 3. The number of carbonyl (C=O) groups excluding carboxylic acids is 2. The van der Waals surface area contributed by atoms with Gasteiger partial charge in [-0.25, -0.2) is 4.79 Å². The van der Waals surface area contributed by atoms with Gasteiger partial charge in [0.05, 0.1) is 12.5 Å². The van der Waals surface area contributed by atoms with E-state index in [0.29, 0.717) is 12.0 Å². The number of rotatable bonds is 9. The van der Waals surface area contributed by atoms with Crippen LogP contribution < -0.4 is 0 Å². The standard InChI is InChI=1S/C25H38O7/c1-6-15(3)18-8-7-17-23(25(18,5)20(27)9-10-26)16(4)13-19(24(17)31)32-22(30)12-14(2)11-21(28)29/h7-8,12,15-19,23-24,26,31H,6,9-11,13H2,1-5H3,(H,28,29)/b14-12+/t15-,16-,17-,18-,19-,23+,24+,25?/m1/s1. The van der Waals surface area contributed by atoms with Crippen LogP contribution in [0, 0.1) is 35.0 Å². The van der Waals surface area contributed by atoms with E-state index in [9.17, 15) is 24.6 Å². The summed E-state index contributed by atoms with van der Waals surface area (Å²) in [6, 6.07) is 0. The highest BCUT2D eigenvalue weighted by molar-refractivity contribution is 5.86. The van der Waals surface area contributed by atoms with Gasteiger partial charge in [0.25, 0.3) is 0 Å². The molecule has 0 radical (unpaired) electrons. The van der Waals surface area contributed by atoms with E-state index < -0.39 is 29.6 Å². The highest BCUT2D eigenvalue weighted by Gasteiger charge is 2.57. The Bertz CT molecular complexity index is 770. The van der Waals surface area contributed by atoms with E-state index in [4.69, 9.17) is 9.84 Å². The molecular formula is C25H38O7. The smallest absolute Gasteiger partial charge is 0.331 e. The molecule has 32 heavy (non-hydrogen) atoms. The van der Waals surface area contributed by atoms with Gasteiger partial charge in [0.15, 0.2) is 0 Å². The van der Waals surface area contributed by atoms with Gasteiger partial charge in [-0.05, 0) is 37.0 Å². The first-order valence-corrected chi connectivity index (χ1v) is 11.6. The molecule has 0 aromatic rings. The van der Waals surface area contributed by atoms with Gasteiger partial charge in [0.1, 0.15) is 11.9 Å². The zero-order chi connectivity index (χ0) is 24.2. The number of allylic oxidation sites excluding steroid dienone is 1. The first kappa shape index (κ1) is 26.3. The Hall–Kier alpha value is -1.99. The lowest BCUT2D eigenvalue weighted by atomic mass is 9.49. The molecule has 0 heterocycles. The number of ketones is 1. The van der Waals surface area contributed by atoms with E-state index in [1.807, 2.05) is 26.0 Å². The molecule has 0 aromatic carbocycles. The lowest BCUT2D eigenvalue weighted by Gasteiger charge is -2.55. The topological polar surface area (TPSA) is 121 Å². The molecular weight excluding hydrogens is 412 g/mol. The van der Waals surface area contributed by atoms with Crippen LogP contribution >= 0.6 is 0 Å². The van der Waals surface area contributed by atoms with Gasteiger partial charge < -0.3 is 20.1 Å². The molecule has 0 amide bonds. The second kappa shape index (κ2) is 10.8. The van der Waals surface area contributed by atoms with Crippen molar-refractivity contribution in [2.75, 3.05) is 6.61 Å². The third-order valence-corrected chi connectivity index (χ3v) is 7.59. The SMILES string of the molecule is CC[C@@H](C)[C@H]1C=C[C@H]2[C@H](O)[C@H](OC(=O)/C=C(\C)CC(=O)O)C[C@@H](C)[C@@H]2C1(C)C(=O)CCO. The molecule has 2 aliphatic carbocycles. The van der Waals surface area contributed by atoms with Crippen LogP contribution in [-0.2, 0) is 19.1 Å². The molecule has 0 aliphatic heterocycles. The van der Waals surface area contributed by atoms with Crippen LogP contribution in [0.1, 0.15) is 60.3 Å². The third-order valence-electron chi connectivity index (χ3n) is 7.59. The number of aliphatic hydroxyl groups is 2. The maximum atomic E-state index is 13.3. The second-order valence-electron chi connectivity index (χ2n) is 9.82. The Morgan fingerprint density at radius 1 is 1.28 bits per heavy atom. The van der Waals surface area contributed by atoms with Gasteiger partial charge in [0, 0.05) is 30.4 Å². The average Bonchev–Trinajstić information content (AvgIpc) is 2.70. The zero-order valence-corrected chi connectivity index (χ0v) is 19.8. The van der Waals surface area contributed by atoms with Crippen molar-refractivity contribution in [3.8, 4) is 0 Å². The fourth-order valence-corrected chi connectivity index (χ4v) is 5.96. The van der Waals surface area contributed by atoms with E-state index in [0.717, 1.165) is 12.5 Å². The minimum absolute atomic E-state index is 0.00292. The van der Waals surface area contributed by atoms with Gasteiger partial charge in [-0.2, -0.15) is 0 Å². The monoisotopic (exact) mass is 450 g/mol. The van der Waals surface area contributed by atoms with Crippen LogP contribution in [-0.4, -0.2) is 51.9 Å². The first-order chi connectivity index (χ1) is 15.0. The normalized spacial score (nSPS) is 35.7. The number of carboxylic acids is 1. The van der Waals surface area contributed by atoms with Crippen molar-refractivity contribution in [1.82, 2.24) is 0 Å². The molecule has 2 rings (SSSR count). The minimum Gasteiger partial charge on any atom is -0.481 e. The van der Waals surface area contributed by atoms with Crippen LogP contribution in [0.3, 0.4) is 0 Å². The number of aliphatic hydroxyl groups excluding tert-OH is 2. The number of Topliss-reactive ketones (excluding diaryl/α,β-unsaturated/α-hetero) is 1. The predicted octanol–water partition coefficient (Wildman–Crippen LogP) is 3.14. The Kier molecular flexibility index (Phi) is 8.82. The molecule has 0 aromatic heterocycles. The molecule has 2 aliphatic rings. The van der Waals surface area contributed by atoms with E-state index in [1.54, 1.807) is 6.92 Å². The summed E-state index contributed by atoms with van der Waals surface area (Å²) < 4.78 is 5.53. The van der Waals surface area contributed by atoms with Crippen LogP contribution in [0.15, 0.2) is 23.8 Å². The number of esters is 1. The molecule has 0 saturated heterocycles. The molecule has 0 bridgehead atoms. The molecule has 3 N–H and O–H groups in total. The van der Waals surface area contributed by atoms with Crippen LogP contribution in [0.25, 0.3) is 0 Å². The fourth-order valence-electron chi connectivity index (χ4n) is 5.96. The summed E-state index contributed by atoms with van der Waals surface area (Å²) in [7, 11) is 0. The van der Waals surface area contributed by atoms with Gasteiger partial charge >= 0.3 is 11.9 Å². The average molecular weight is 451 g/mol. The minimum atomic E-state index is -1.03. The van der Waals surface area contributed by atoms with Crippen molar-refractivity contribution in [2.24, 2.45) is 35.0 Å². The Labute approximate surface area is 190 Å². The highest BCUT2D eigenvalue weighted by Crippen LogP contribution is 2.56. The summed E-state index contributed by atoms with van der Waals surface area (Å²) in [5, 5.41) is 29.4. The predicted molar refractivity (Wildman–Crippen MR) is 120 cm³/mol. The molecule has 7 heteroatoms. The summed E-state index contributed by atoms with van der Waals surface area (Å²) in [5.41, 5.74) is -0.361. The quantitative estimate of drug-likeness (QED) is 0.280. The van der Waals surface area contributed by atoms with E-state index >= 15 is 0 Å². The van der Waals surface area contributed by atoms with Gasteiger partial charge in [-0.3, -0.25) is 9.59 Å². The number of aliphatic carboxylic acids is 1. The highest BCUT2D eigenvalue weighted by atomic mass is 16.6. The number of carbonyl (C=O) groups is 3. The summed E-state index contributed by atoms with van der Waals surface area (Å²) in [6.07, 6.45) is 4.59. The van der Waals surface area contributed by atoms with E-state index in [-0.39, 0.29) is 54.8 Å². The zero-order valence-electron chi connectivity index (χ0n) is 19.8. The molecule has 1 saturated carbocycles. The van der Waals surface area contributed by atoms with Crippen molar-refractivity contribution in [3.63, 3.8) is 0 Å². The Morgan fingerprint density at radius 2 is 1.94 bits per heavy atom. The fraction of sp³-hybridized carbons (Fsp3) is 0.720. The molecule has 8 atom stereocenters. The van der Waals surface area contributed by atoms with Crippen molar-refractivity contribution in [3.05, 3.63) is 23.8 Å². The lowest BCUT2D eigenvalue weighted by Crippen LogP contribution is -2.58. The van der Waals surface area contributed by atoms with E-state index in [1.165, 1.54) is 0 Å². The summed E-state index contributed by atoms with van der Waals surface area (Å²) in [5.74, 6) is -1.93. The Morgan fingerprint density at radius 3 is 2.50 bits per heavy atom. The number of ether oxygens (including phenoxy) is 1. The van der Waals surface area contributed by atoms with Crippen molar-refractivity contribution in [1.29, 1.82) is 0 Å². The maximum Gasteiger partial charge on any atom is 0.331 e. The van der Waals surface area contributed by atoms with Crippen LogP contribution in [0.4, 0.5) is 0 Å².